The first-order valence-electron chi connectivity index (χ1n) is 10.1. The van der Waals surface area contributed by atoms with Gasteiger partial charge in [0, 0.05) is 56.5 Å². The van der Waals surface area contributed by atoms with Crippen LogP contribution >= 0.6 is 0 Å². The Morgan fingerprint density at radius 2 is 1.83 bits per heavy atom. The number of rotatable bonds is 6. The van der Waals surface area contributed by atoms with Crippen molar-refractivity contribution in [3.63, 3.8) is 0 Å². The maximum Gasteiger partial charge on any atom is 0.295 e. The molecule has 2 aromatic heterocycles. The molecule has 8 heteroatoms. The number of Topliss-reactive ketones (excluding diaryl/α,β-unsaturated/α-hetero) is 1. The van der Waals surface area contributed by atoms with E-state index in [-0.39, 0.29) is 11.3 Å². The van der Waals surface area contributed by atoms with Crippen LogP contribution in [0, 0.1) is 0 Å². The zero-order valence-corrected chi connectivity index (χ0v) is 16.6. The first-order valence-corrected chi connectivity index (χ1v) is 10.1. The molecule has 2 aromatic rings. The van der Waals surface area contributed by atoms with Crippen molar-refractivity contribution in [2.24, 2.45) is 0 Å². The molecule has 4 rings (SSSR count). The normalized spacial score (nSPS) is 21.9. The van der Waals surface area contributed by atoms with Crippen LogP contribution in [0.5, 0.6) is 0 Å². The lowest BCUT2D eigenvalue weighted by molar-refractivity contribution is -0.140. The molecule has 1 unspecified atom stereocenters. The van der Waals surface area contributed by atoms with Gasteiger partial charge in [-0.05, 0) is 30.2 Å². The fraction of sp³-hybridized carbons (Fsp3) is 0.364. The maximum absolute atomic E-state index is 12.9. The minimum Gasteiger partial charge on any atom is -0.507 e. The van der Waals surface area contributed by atoms with Crippen LogP contribution in [0.1, 0.15) is 23.6 Å². The molecule has 30 heavy (non-hydrogen) atoms. The molecule has 8 nitrogen and oxygen atoms in total. The second-order valence-electron chi connectivity index (χ2n) is 7.32. The van der Waals surface area contributed by atoms with E-state index in [0.29, 0.717) is 30.9 Å². The largest absolute Gasteiger partial charge is 0.507 e. The number of aliphatic hydroxyl groups excluding tert-OH is 1. The summed E-state index contributed by atoms with van der Waals surface area (Å²) < 4.78 is 5.37. The van der Waals surface area contributed by atoms with E-state index >= 15 is 0 Å². The molecule has 0 radical (unpaired) electrons. The third-order valence-electron chi connectivity index (χ3n) is 5.47. The number of aliphatic hydroxyl groups is 1. The number of carbonyl (C=O) groups excluding carboxylic acids is 2. The fourth-order valence-electron chi connectivity index (χ4n) is 3.95. The Bertz CT molecular complexity index is 927. The number of likely N-dealkylation sites (tertiary alicyclic amines) is 1. The van der Waals surface area contributed by atoms with Crippen LogP contribution in [0.4, 0.5) is 0 Å². The van der Waals surface area contributed by atoms with Gasteiger partial charge >= 0.3 is 0 Å². The van der Waals surface area contributed by atoms with Gasteiger partial charge in [-0.2, -0.15) is 0 Å². The quantitative estimate of drug-likeness (QED) is 0.441. The predicted molar refractivity (Wildman–Crippen MR) is 109 cm³/mol. The number of morpholine rings is 1. The topological polar surface area (TPSA) is 95.9 Å². The van der Waals surface area contributed by atoms with Gasteiger partial charge in [0.25, 0.3) is 11.7 Å². The predicted octanol–water partition coefficient (Wildman–Crippen LogP) is 1.62. The number of carbonyl (C=O) groups is 2. The summed E-state index contributed by atoms with van der Waals surface area (Å²) in [7, 11) is 0. The van der Waals surface area contributed by atoms with E-state index in [2.05, 4.69) is 14.9 Å². The molecule has 0 spiro atoms. The van der Waals surface area contributed by atoms with Crippen molar-refractivity contribution in [3.8, 4) is 0 Å². The van der Waals surface area contributed by atoms with Crippen LogP contribution in [0.3, 0.4) is 0 Å². The van der Waals surface area contributed by atoms with Crippen LogP contribution < -0.4 is 0 Å². The Balaban J connectivity index is 1.63. The molecule has 2 aliphatic rings. The molecular formula is C22H24N4O4. The molecule has 0 aliphatic carbocycles. The van der Waals surface area contributed by atoms with Gasteiger partial charge in [-0.25, -0.2) is 0 Å². The Hall–Kier alpha value is -3.10. The van der Waals surface area contributed by atoms with Crippen molar-refractivity contribution in [3.05, 3.63) is 65.8 Å². The van der Waals surface area contributed by atoms with Crippen molar-refractivity contribution in [2.75, 3.05) is 39.4 Å². The van der Waals surface area contributed by atoms with Crippen molar-refractivity contribution >= 4 is 17.4 Å². The molecule has 0 aromatic carbocycles. The Labute approximate surface area is 174 Å². The number of pyridine rings is 2. The number of ketones is 1. The Kier molecular flexibility index (Phi) is 6.15. The van der Waals surface area contributed by atoms with Crippen molar-refractivity contribution in [1.82, 2.24) is 19.8 Å². The van der Waals surface area contributed by atoms with E-state index in [0.717, 1.165) is 26.1 Å². The highest BCUT2D eigenvalue weighted by Crippen LogP contribution is 2.39. The van der Waals surface area contributed by atoms with Gasteiger partial charge in [0.2, 0.25) is 0 Å². The summed E-state index contributed by atoms with van der Waals surface area (Å²) in [6.07, 6.45) is 7.06. The summed E-state index contributed by atoms with van der Waals surface area (Å²) in [5, 5.41) is 10.9. The minimum atomic E-state index is -0.676. The first-order chi connectivity index (χ1) is 14.7. The third kappa shape index (κ3) is 4.10. The summed E-state index contributed by atoms with van der Waals surface area (Å²) in [6, 6.07) is 6.13. The van der Waals surface area contributed by atoms with Crippen LogP contribution in [0.2, 0.25) is 0 Å². The van der Waals surface area contributed by atoms with E-state index in [4.69, 9.17) is 4.74 Å². The molecule has 156 valence electrons. The molecule has 1 atom stereocenters. The van der Waals surface area contributed by atoms with Gasteiger partial charge in [0.1, 0.15) is 5.76 Å². The average Bonchev–Trinajstić information content (AvgIpc) is 3.05. The van der Waals surface area contributed by atoms with E-state index in [9.17, 15) is 14.7 Å². The van der Waals surface area contributed by atoms with Crippen molar-refractivity contribution in [1.29, 1.82) is 0 Å². The molecule has 0 saturated carbocycles. The number of nitrogens with zero attached hydrogens (tertiary/aromatic N) is 4. The van der Waals surface area contributed by atoms with E-state index in [1.165, 1.54) is 12.4 Å². The highest BCUT2D eigenvalue weighted by atomic mass is 16.5. The molecule has 4 heterocycles. The lowest BCUT2D eigenvalue weighted by Crippen LogP contribution is -2.39. The number of amides is 1. The molecule has 1 amide bonds. The summed E-state index contributed by atoms with van der Waals surface area (Å²) >= 11 is 0. The second kappa shape index (κ2) is 9.15. The number of hydrogen-bond acceptors (Lipinski definition) is 7. The lowest BCUT2D eigenvalue weighted by atomic mass is 9.96. The van der Waals surface area contributed by atoms with Gasteiger partial charge in [-0.15, -0.1) is 0 Å². The summed E-state index contributed by atoms with van der Waals surface area (Å²) in [4.78, 5) is 37.7. The van der Waals surface area contributed by atoms with E-state index in [1.54, 1.807) is 35.5 Å². The van der Waals surface area contributed by atoms with Crippen molar-refractivity contribution in [2.45, 2.75) is 12.5 Å². The second-order valence-corrected chi connectivity index (χ2v) is 7.32. The smallest absolute Gasteiger partial charge is 0.295 e. The monoisotopic (exact) mass is 408 g/mol. The molecule has 2 fully saturated rings. The first kappa shape index (κ1) is 20.2. The van der Waals surface area contributed by atoms with Gasteiger partial charge in [0.15, 0.2) is 0 Å². The van der Waals surface area contributed by atoms with Crippen LogP contribution in [0.15, 0.2) is 54.6 Å². The minimum absolute atomic E-state index is 0.0885. The molecular weight excluding hydrogens is 384 g/mol. The third-order valence-corrected chi connectivity index (χ3v) is 5.47. The number of ether oxygens (including phenoxy) is 1. The molecule has 1 N–H and O–H groups in total. The number of aromatic nitrogens is 2. The van der Waals surface area contributed by atoms with E-state index in [1.807, 2.05) is 6.07 Å². The summed E-state index contributed by atoms with van der Waals surface area (Å²) in [5.41, 5.74) is 1.23. The SMILES string of the molecule is O=C1C(=O)N(CCCN2CCOCC2)C(c2cccnc2)/C1=C(\O)c1ccncc1. The average molecular weight is 408 g/mol. The summed E-state index contributed by atoms with van der Waals surface area (Å²) in [5.74, 6) is -1.47. The van der Waals surface area contributed by atoms with Crippen LogP contribution in [-0.2, 0) is 14.3 Å². The van der Waals surface area contributed by atoms with Gasteiger partial charge in [-0.1, -0.05) is 6.07 Å². The highest BCUT2D eigenvalue weighted by molar-refractivity contribution is 6.46. The lowest BCUT2D eigenvalue weighted by Gasteiger charge is -2.29. The Morgan fingerprint density at radius 3 is 2.53 bits per heavy atom. The van der Waals surface area contributed by atoms with Crippen molar-refractivity contribution < 1.29 is 19.4 Å². The summed E-state index contributed by atoms with van der Waals surface area (Å²) in [6.45, 7) is 4.39. The highest BCUT2D eigenvalue weighted by Gasteiger charge is 2.45. The number of hydrogen-bond donors (Lipinski definition) is 1. The molecule has 2 aliphatic heterocycles. The fourth-order valence-corrected chi connectivity index (χ4v) is 3.95. The zero-order valence-electron chi connectivity index (χ0n) is 16.6. The van der Waals surface area contributed by atoms with Crippen LogP contribution in [0.25, 0.3) is 5.76 Å². The van der Waals surface area contributed by atoms with Gasteiger partial charge in [-0.3, -0.25) is 24.5 Å². The maximum atomic E-state index is 12.9. The van der Waals surface area contributed by atoms with Gasteiger partial charge in [0.05, 0.1) is 24.8 Å². The standard InChI is InChI=1S/C22H24N4O4/c27-20(16-4-7-23-8-5-16)18-19(17-3-1-6-24-15-17)26(22(29)21(18)28)10-2-9-25-11-13-30-14-12-25/h1,3-8,15,19,27H,2,9-14H2/b20-18+. The van der Waals surface area contributed by atoms with E-state index < -0.39 is 17.7 Å². The van der Waals surface area contributed by atoms with Gasteiger partial charge < -0.3 is 14.7 Å². The van der Waals surface area contributed by atoms with Crippen LogP contribution in [-0.4, -0.2) is 76.0 Å². The Morgan fingerprint density at radius 1 is 1.07 bits per heavy atom. The molecule has 2 saturated heterocycles. The molecule has 0 bridgehead atoms. The zero-order chi connectivity index (χ0) is 20.9.